The third-order valence-electron chi connectivity index (χ3n) is 4.31. The van der Waals surface area contributed by atoms with Crippen LogP contribution in [0.25, 0.3) is 11.3 Å². The fraction of sp³-hybridized carbons (Fsp3) is 0.211. The molecule has 0 aliphatic carbocycles. The number of fused-ring (bicyclic) bond motifs is 1. The molecule has 130 valence electrons. The fourth-order valence-electron chi connectivity index (χ4n) is 2.96. The Morgan fingerprint density at radius 3 is 2.20 bits per heavy atom. The summed E-state index contributed by atoms with van der Waals surface area (Å²) < 4.78 is 31.6. The molecule has 1 aliphatic rings. The van der Waals surface area contributed by atoms with Gasteiger partial charge in [0.15, 0.2) is 0 Å². The van der Waals surface area contributed by atoms with Gasteiger partial charge in [-0.05, 0) is 31.5 Å². The number of hydrogen-bond acceptors (Lipinski definition) is 4. The Bertz CT molecular complexity index is 989. The van der Waals surface area contributed by atoms with Crippen LogP contribution in [0.4, 0.5) is 0 Å². The monoisotopic (exact) mass is 357 g/mol. The van der Waals surface area contributed by atoms with Crippen molar-refractivity contribution in [1.82, 2.24) is 4.31 Å². The number of methoxy groups -OCH3 is 1. The maximum Gasteiger partial charge on any atom is 0.340 e. The van der Waals surface area contributed by atoms with Crippen LogP contribution >= 0.6 is 0 Å². The van der Waals surface area contributed by atoms with Gasteiger partial charge in [-0.1, -0.05) is 41.5 Å². The molecule has 0 saturated carbocycles. The fourth-order valence-corrected chi connectivity index (χ4v) is 4.36. The summed E-state index contributed by atoms with van der Waals surface area (Å²) in [7, 11) is -0.941. The van der Waals surface area contributed by atoms with E-state index in [-0.39, 0.29) is 10.5 Å². The standard InChI is InChI=1S/C19H19NO4S/c1-12-5-8-14(9-6-12)17(19(21)24-4)18-15-11-13(2)7-10-16(15)25(22,23)20(18)3/h5-11H,1-4H3/b18-17+. The molecule has 0 atom stereocenters. The summed E-state index contributed by atoms with van der Waals surface area (Å²) in [6.45, 7) is 3.83. The molecule has 6 heteroatoms. The van der Waals surface area contributed by atoms with Gasteiger partial charge in [-0.3, -0.25) is 4.31 Å². The predicted molar refractivity (Wildman–Crippen MR) is 96.1 cm³/mol. The maximum absolute atomic E-state index is 12.7. The SMILES string of the molecule is COC(=O)/C(=C1\c2cc(C)ccc2S(=O)(=O)N1C)c1ccc(C)cc1. The minimum absolute atomic E-state index is 0.198. The second-order valence-electron chi connectivity index (χ2n) is 6.05. The van der Waals surface area contributed by atoms with E-state index in [2.05, 4.69) is 0 Å². The van der Waals surface area contributed by atoms with E-state index >= 15 is 0 Å². The second-order valence-corrected chi connectivity index (χ2v) is 7.99. The molecule has 0 unspecified atom stereocenters. The molecule has 3 rings (SSSR count). The van der Waals surface area contributed by atoms with Gasteiger partial charge in [-0.25, -0.2) is 13.2 Å². The molecule has 0 bridgehead atoms. The molecule has 0 aromatic heterocycles. The van der Waals surface area contributed by atoms with Crippen LogP contribution in [0.5, 0.6) is 0 Å². The van der Waals surface area contributed by atoms with Gasteiger partial charge in [0, 0.05) is 12.6 Å². The van der Waals surface area contributed by atoms with Crippen LogP contribution in [0.15, 0.2) is 47.4 Å². The quantitative estimate of drug-likeness (QED) is 0.612. The summed E-state index contributed by atoms with van der Waals surface area (Å²) in [4.78, 5) is 12.7. The summed E-state index contributed by atoms with van der Waals surface area (Å²) >= 11 is 0. The Hall–Kier alpha value is -2.60. The molecule has 2 aromatic rings. The highest BCUT2D eigenvalue weighted by Gasteiger charge is 2.39. The van der Waals surface area contributed by atoms with Gasteiger partial charge in [-0.15, -0.1) is 0 Å². The van der Waals surface area contributed by atoms with Crippen molar-refractivity contribution in [2.75, 3.05) is 14.2 Å². The second kappa shape index (κ2) is 6.04. The molecule has 2 aromatic carbocycles. The molecule has 25 heavy (non-hydrogen) atoms. The summed E-state index contributed by atoms with van der Waals surface area (Å²) in [6.07, 6.45) is 0. The number of carbonyl (C=O) groups excluding carboxylic acids is 1. The molecule has 5 nitrogen and oxygen atoms in total. The first-order valence-electron chi connectivity index (χ1n) is 7.77. The lowest BCUT2D eigenvalue weighted by Gasteiger charge is -2.17. The van der Waals surface area contributed by atoms with Crippen LogP contribution in [-0.2, 0) is 19.6 Å². The van der Waals surface area contributed by atoms with E-state index in [4.69, 9.17) is 4.74 Å². The number of carbonyl (C=O) groups is 1. The van der Waals surface area contributed by atoms with Crippen LogP contribution in [0, 0.1) is 13.8 Å². The van der Waals surface area contributed by atoms with Gasteiger partial charge < -0.3 is 4.74 Å². The van der Waals surface area contributed by atoms with E-state index in [1.54, 1.807) is 30.3 Å². The first-order valence-corrected chi connectivity index (χ1v) is 9.21. The van der Waals surface area contributed by atoms with Gasteiger partial charge in [0.05, 0.1) is 23.3 Å². The number of esters is 1. The van der Waals surface area contributed by atoms with E-state index in [0.717, 1.165) is 15.4 Å². The van der Waals surface area contributed by atoms with Crippen LogP contribution in [0.2, 0.25) is 0 Å². The Kier molecular flexibility index (Phi) is 4.16. The van der Waals surface area contributed by atoms with Crippen molar-refractivity contribution in [2.45, 2.75) is 18.7 Å². The van der Waals surface area contributed by atoms with E-state index < -0.39 is 16.0 Å². The van der Waals surface area contributed by atoms with E-state index in [1.165, 1.54) is 14.2 Å². The smallest absolute Gasteiger partial charge is 0.340 e. The number of sulfonamides is 1. The molecule has 0 fully saturated rings. The lowest BCUT2D eigenvalue weighted by atomic mass is 9.97. The van der Waals surface area contributed by atoms with Crippen molar-refractivity contribution >= 4 is 27.3 Å². The molecular weight excluding hydrogens is 338 g/mol. The Morgan fingerprint density at radius 2 is 1.60 bits per heavy atom. The minimum atomic E-state index is -3.69. The maximum atomic E-state index is 12.7. The van der Waals surface area contributed by atoms with Crippen molar-refractivity contribution in [3.05, 3.63) is 64.7 Å². The van der Waals surface area contributed by atoms with Gasteiger partial charge >= 0.3 is 5.97 Å². The van der Waals surface area contributed by atoms with Crippen molar-refractivity contribution in [1.29, 1.82) is 0 Å². The molecule has 0 saturated heterocycles. The third-order valence-corrected chi connectivity index (χ3v) is 6.13. The molecule has 1 aliphatic heterocycles. The number of nitrogens with zero attached hydrogens (tertiary/aromatic N) is 1. The summed E-state index contributed by atoms with van der Waals surface area (Å²) in [5, 5.41) is 0. The van der Waals surface area contributed by atoms with Crippen molar-refractivity contribution in [3.63, 3.8) is 0 Å². The number of benzene rings is 2. The van der Waals surface area contributed by atoms with Crippen LogP contribution in [0.3, 0.4) is 0 Å². The zero-order valence-electron chi connectivity index (χ0n) is 14.5. The Balaban J connectivity index is 2.40. The van der Waals surface area contributed by atoms with E-state index in [9.17, 15) is 13.2 Å². The van der Waals surface area contributed by atoms with E-state index in [0.29, 0.717) is 16.8 Å². The number of aryl methyl sites for hydroxylation is 2. The minimum Gasteiger partial charge on any atom is -0.465 e. The van der Waals surface area contributed by atoms with Gasteiger partial charge in [0.2, 0.25) is 0 Å². The summed E-state index contributed by atoms with van der Waals surface area (Å²) in [5.41, 5.74) is 3.66. The average molecular weight is 357 g/mol. The average Bonchev–Trinajstić information content (AvgIpc) is 2.77. The number of rotatable bonds is 2. The topological polar surface area (TPSA) is 63.7 Å². The van der Waals surface area contributed by atoms with Crippen LogP contribution < -0.4 is 0 Å². The van der Waals surface area contributed by atoms with Gasteiger partial charge in [0.1, 0.15) is 0 Å². The van der Waals surface area contributed by atoms with Crippen LogP contribution in [-0.4, -0.2) is 32.8 Å². The normalized spacial score (nSPS) is 17.2. The third kappa shape index (κ3) is 2.72. The zero-order valence-corrected chi connectivity index (χ0v) is 15.3. The molecule has 1 heterocycles. The highest BCUT2D eigenvalue weighted by molar-refractivity contribution is 7.90. The van der Waals surface area contributed by atoms with Gasteiger partial charge in [0.25, 0.3) is 10.0 Å². The van der Waals surface area contributed by atoms with E-state index in [1.807, 2.05) is 26.0 Å². The lowest BCUT2D eigenvalue weighted by molar-refractivity contribution is -0.133. The van der Waals surface area contributed by atoms with Crippen LogP contribution in [0.1, 0.15) is 22.3 Å². The first kappa shape index (κ1) is 17.2. The van der Waals surface area contributed by atoms with Crippen molar-refractivity contribution in [2.24, 2.45) is 0 Å². The molecule has 0 spiro atoms. The van der Waals surface area contributed by atoms with Crippen molar-refractivity contribution < 1.29 is 17.9 Å². The predicted octanol–water partition coefficient (Wildman–Crippen LogP) is 2.98. The van der Waals surface area contributed by atoms with Crippen molar-refractivity contribution in [3.8, 4) is 0 Å². The Morgan fingerprint density at radius 1 is 1.00 bits per heavy atom. The molecule has 0 N–H and O–H groups in total. The highest BCUT2D eigenvalue weighted by Crippen LogP contribution is 2.42. The summed E-state index contributed by atoms with van der Waals surface area (Å²) in [6, 6.07) is 12.4. The first-order chi connectivity index (χ1) is 11.8. The molecule has 0 amide bonds. The summed E-state index contributed by atoms with van der Waals surface area (Å²) in [5.74, 6) is -0.574. The number of hydrogen-bond donors (Lipinski definition) is 0. The zero-order chi connectivity index (χ0) is 18.4. The number of ether oxygens (including phenoxy) is 1. The Labute approximate surface area is 147 Å². The molecular formula is C19H19NO4S. The lowest BCUT2D eigenvalue weighted by Crippen LogP contribution is -2.21. The largest absolute Gasteiger partial charge is 0.465 e. The highest BCUT2D eigenvalue weighted by atomic mass is 32.2. The molecule has 0 radical (unpaired) electrons. The van der Waals surface area contributed by atoms with Gasteiger partial charge in [-0.2, -0.15) is 0 Å².